The van der Waals surface area contributed by atoms with E-state index in [1.807, 2.05) is 38.1 Å². The number of amides is 1. The largest absolute Gasteiger partial charge is 0.486 e. The number of aryl methyl sites for hydroxylation is 2. The van der Waals surface area contributed by atoms with Gasteiger partial charge in [-0.15, -0.1) is 0 Å². The molecule has 5 rings (SSSR count). The Balaban J connectivity index is 1.16. The highest BCUT2D eigenvalue weighted by Gasteiger charge is 2.15. The minimum Gasteiger partial charge on any atom is -0.486 e. The van der Waals surface area contributed by atoms with Crippen molar-refractivity contribution < 1.29 is 38.2 Å². The van der Waals surface area contributed by atoms with Crippen LogP contribution in [0, 0.1) is 13.8 Å². The molecule has 5 aromatic rings. The average molecular weight is 568 g/mol. The third-order valence-corrected chi connectivity index (χ3v) is 6.33. The van der Waals surface area contributed by atoms with Crippen LogP contribution in [0.25, 0.3) is 17.0 Å². The molecule has 0 aliphatic carbocycles. The predicted octanol–water partition coefficient (Wildman–Crippen LogP) is 5.69. The van der Waals surface area contributed by atoms with Crippen molar-refractivity contribution in [2.45, 2.75) is 20.5 Å². The molecule has 1 amide bonds. The molecule has 42 heavy (non-hydrogen) atoms. The zero-order valence-electron chi connectivity index (χ0n) is 22.5. The average Bonchev–Trinajstić information content (AvgIpc) is 3.72. The van der Waals surface area contributed by atoms with Gasteiger partial charge in [0, 0.05) is 22.6 Å². The SMILES string of the molecule is Cc1ccc(C)n1-c1ccc(OCc2ccc(C(=O)N/N=C/c3ccc(-c4cc(C(=O)O)cc(C(=O)O)c4)o3)o2)cc1. The summed E-state index contributed by atoms with van der Waals surface area (Å²) in [6.45, 7) is 4.22. The number of hydrazone groups is 1. The molecule has 0 bridgehead atoms. The molecule has 3 aromatic heterocycles. The summed E-state index contributed by atoms with van der Waals surface area (Å²) in [5.74, 6) is -1.52. The molecule has 2 aromatic carbocycles. The maximum absolute atomic E-state index is 12.5. The fourth-order valence-electron chi connectivity index (χ4n) is 4.30. The summed E-state index contributed by atoms with van der Waals surface area (Å²) in [6, 6.07) is 21.7. The van der Waals surface area contributed by atoms with E-state index < -0.39 is 17.8 Å². The third-order valence-electron chi connectivity index (χ3n) is 6.33. The minimum absolute atomic E-state index is 0.0338. The summed E-state index contributed by atoms with van der Waals surface area (Å²) in [4.78, 5) is 35.2. The first-order chi connectivity index (χ1) is 20.2. The van der Waals surface area contributed by atoms with Gasteiger partial charge in [-0.25, -0.2) is 15.0 Å². The molecule has 0 fully saturated rings. The number of carbonyl (C=O) groups excluding carboxylic acids is 1. The molecule has 0 saturated carbocycles. The number of rotatable bonds is 10. The first-order valence-electron chi connectivity index (χ1n) is 12.7. The lowest BCUT2D eigenvalue weighted by Gasteiger charge is -2.10. The van der Waals surface area contributed by atoms with Gasteiger partial charge in [-0.3, -0.25) is 4.79 Å². The van der Waals surface area contributed by atoms with Gasteiger partial charge >= 0.3 is 17.8 Å². The van der Waals surface area contributed by atoms with E-state index in [0.29, 0.717) is 11.5 Å². The van der Waals surface area contributed by atoms with Crippen LogP contribution < -0.4 is 10.2 Å². The lowest BCUT2D eigenvalue weighted by atomic mass is 10.0. The molecule has 0 unspecified atom stereocenters. The van der Waals surface area contributed by atoms with Crippen molar-refractivity contribution in [3.63, 3.8) is 0 Å². The van der Waals surface area contributed by atoms with Gasteiger partial charge in [-0.05, 0) is 92.7 Å². The van der Waals surface area contributed by atoms with Crippen molar-refractivity contribution in [3.05, 3.63) is 119 Å². The molecule has 0 spiro atoms. The van der Waals surface area contributed by atoms with Gasteiger partial charge < -0.3 is 28.4 Å². The number of nitrogens with zero attached hydrogens (tertiary/aromatic N) is 2. The number of furan rings is 2. The fraction of sp³-hybridized carbons (Fsp3) is 0.0968. The molecule has 3 N–H and O–H groups in total. The number of carboxylic acids is 2. The normalized spacial score (nSPS) is 11.1. The lowest BCUT2D eigenvalue weighted by molar-refractivity contribution is 0.0696. The van der Waals surface area contributed by atoms with Gasteiger partial charge in [0.25, 0.3) is 0 Å². The van der Waals surface area contributed by atoms with Crippen molar-refractivity contribution in [3.8, 4) is 22.8 Å². The van der Waals surface area contributed by atoms with Crippen LogP contribution in [0.15, 0.2) is 92.8 Å². The van der Waals surface area contributed by atoms with Crippen LogP contribution in [0.5, 0.6) is 5.75 Å². The summed E-state index contributed by atoms with van der Waals surface area (Å²) in [5.41, 5.74) is 5.53. The second kappa shape index (κ2) is 11.7. The number of aromatic nitrogens is 1. The molecular weight excluding hydrogens is 542 g/mol. The number of aromatic carboxylic acids is 2. The van der Waals surface area contributed by atoms with Gasteiger partial charge in [0.2, 0.25) is 0 Å². The van der Waals surface area contributed by atoms with E-state index in [1.165, 1.54) is 36.5 Å². The highest BCUT2D eigenvalue weighted by molar-refractivity contribution is 5.96. The number of carbonyl (C=O) groups is 3. The van der Waals surface area contributed by atoms with Gasteiger partial charge in [0.15, 0.2) is 5.76 Å². The Morgan fingerprint density at radius 3 is 2.17 bits per heavy atom. The van der Waals surface area contributed by atoms with Crippen LogP contribution >= 0.6 is 0 Å². The molecule has 0 radical (unpaired) electrons. The predicted molar refractivity (Wildman–Crippen MR) is 151 cm³/mol. The topological polar surface area (TPSA) is 156 Å². The quantitative estimate of drug-likeness (QED) is 0.144. The maximum Gasteiger partial charge on any atom is 0.335 e. The van der Waals surface area contributed by atoms with Crippen LogP contribution in [0.1, 0.15) is 54.2 Å². The van der Waals surface area contributed by atoms with E-state index in [-0.39, 0.29) is 40.6 Å². The van der Waals surface area contributed by atoms with Crippen LogP contribution in [0.2, 0.25) is 0 Å². The molecule has 0 atom stereocenters. The number of hydrogen-bond donors (Lipinski definition) is 3. The Hall–Kier alpha value is -5.84. The molecule has 11 heteroatoms. The molecule has 0 saturated heterocycles. The Morgan fingerprint density at radius 1 is 0.857 bits per heavy atom. The van der Waals surface area contributed by atoms with Gasteiger partial charge in [0.1, 0.15) is 29.6 Å². The maximum atomic E-state index is 12.5. The van der Waals surface area contributed by atoms with E-state index in [9.17, 15) is 24.6 Å². The first kappa shape index (κ1) is 27.7. The van der Waals surface area contributed by atoms with Crippen LogP contribution in [0.3, 0.4) is 0 Å². The zero-order valence-corrected chi connectivity index (χ0v) is 22.5. The second-order valence-electron chi connectivity index (χ2n) is 9.31. The number of benzene rings is 2. The Morgan fingerprint density at radius 2 is 1.52 bits per heavy atom. The highest BCUT2D eigenvalue weighted by atomic mass is 16.5. The smallest absolute Gasteiger partial charge is 0.335 e. The second-order valence-corrected chi connectivity index (χ2v) is 9.31. The monoisotopic (exact) mass is 567 g/mol. The third kappa shape index (κ3) is 6.15. The van der Waals surface area contributed by atoms with Crippen molar-refractivity contribution >= 4 is 24.1 Å². The fourth-order valence-corrected chi connectivity index (χ4v) is 4.30. The molecule has 11 nitrogen and oxygen atoms in total. The molecule has 0 aliphatic rings. The molecule has 0 aliphatic heterocycles. The van der Waals surface area contributed by atoms with E-state index >= 15 is 0 Å². The van der Waals surface area contributed by atoms with Crippen LogP contribution in [0.4, 0.5) is 0 Å². The lowest BCUT2D eigenvalue weighted by Crippen LogP contribution is -2.16. The van der Waals surface area contributed by atoms with E-state index in [4.69, 9.17) is 13.6 Å². The van der Waals surface area contributed by atoms with Gasteiger partial charge in [-0.2, -0.15) is 5.10 Å². The highest BCUT2D eigenvalue weighted by Crippen LogP contribution is 2.25. The van der Waals surface area contributed by atoms with Crippen molar-refractivity contribution in [2.24, 2.45) is 5.10 Å². The summed E-state index contributed by atoms with van der Waals surface area (Å²) in [5, 5.41) is 22.4. The molecular formula is C31H25N3O8. The Labute approximate surface area is 239 Å². The summed E-state index contributed by atoms with van der Waals surface area (Å²) in [7, 11) is 0. The zero-order chi connectivity index (χ0) is 29.8. The van der Waals surface area contributed by atoms with Gasteiger partial charge in [0.05, 0.1) is 17.3 Å². The van der Waals surface area contributed by atoms with Crippen LogP contribution in [-0.2, 0) is 6.61 Å². The summed E-state index contributed by atoms with van der Waals surface area (Å²) < 4.78 is 19.1. The summed E-state index contributed by atoms with van der Waals surface area (Å²) in [6.07, 6.45) is 1.24. The first-order valence-corrected chi connectivity index (χ1v) is 12.7. The van der Waals surface area contributed by atoms with E-state index in [1.54, 1.807) is 6.07 Å². The number of carboxylic acid groups (broad SMARTS) is 2. The number of nitrogens with one attached hydrogen (secondary N) is 1. The number of hydrogen-bond acceptors (Lipinski definition) is 7. The van der Waals surface area contributed by atoms with E-state index in [0.717, 1.165) is 23.1 Å². The Bertz CT molecular complexity index is 1760. The van der Waals surface area contributed by atoms with Gasteiger partial charge in [-0.1, -0.05) is 0 Å². The standard InChI is InChI=1S/C31H25N3O8/c1-18-3-4-19(2)34(18)23-5-7-24(8-6-23)40-17-26-10-12-28(42-26)29(35)33-32-16-25-9-11-27(41-25)20-13-21(30(36)37)15-22(14-20)31(38)39/h3-16H,17H2,1-2H3,(H,33,35)(H,36,37)(H,38,39)/b32-16+. The van der Waals surface area contributed by atoms with Crippen molar-refractivity contribution in [1.82, 2.24) is 9.99 Å². The molecule has 3 heterocycles. The number of ether oxygens (including phenoxy) is 1. The molecule has 212 valence electrons. The Kier molecular flexibility index (Phi) is 7.74. The minimum atomic E-state index is -1.27. The van der Waals surface area contributed by atoms with Crippen molar-refractivity contribution in [2.75, 3.05) is 0 Å². The van der Waals surface area contributed by atoms with Crippen LogP contribution in [-0.4, -0.2) is 38.8 Å². The van der Waals surface area contributed by atoms with E-state index in [2.05, 4.69) is 27.2 Å². The summed E-state index contributed by atoms with van der Waals surface area (Å²) >= 11 is 0. The van der Waals surface area contributed by atoms with Crippen molar-refractivity contribution in [1.29, 1.82) is 0 Å².